The molecular formula is C16H30N2O2S. The van der Waals surface area contributed by atoms with E-state index in [1.54, 1.807) is 11.3 Å². The van der Waals surface area contributed by atoms with Crippen LogP contribution in [0.5, 0.6) is 0 Å². The van der Waals surface area contributed by atoms with Crippen molar-refractivity contribution < 1.29 is 9.47 Å². The summed E-state index contributed by atoms with van der Waals surface area (Å²) in [6.45, 7) is 14.9. The van der Waals surface area contributed by atoms with Gasteiger partial charge in [0.05, 0.1) is 16.7 Å². The Balaban J connectivity index is 2.79. The van der Waals surface area contributed by atoms with E-state index in [0.717, 1.165) is 23.7 Å². The summed E-state index contributed by atoms with van der Waals surface area (Å²) in [5, 5.41) is 6.76. The number of nitrogens with zero attached hydrogens (tertiary/aromatic N) is 1. The molecule has 0 spiro atoms. The molecule has 122 valence electrons. The molecule has 4 nitrogen and oxygen atoms in total. The summed E-state index contributed by atoms with van der Waals surface area (Å²) >= 11 is 1.72. The van der Waals surface area contributed by atoms with Crippen molar-refractivity contribution in [1.82, 2.24) is 10.3 Å². The second-order valence-corrected chi connectivity index (χ2v) is 6.97. The molecule has 21 heavy (non-hydrogen) atoms. The molecule has 0 fully saturated rings. The lowest BCUT2D eigenvalue weighted by Gasteiger charge is -2.26. The Hall–Kier alpha value is -0.490. The van der Waals surface area contributed by atoms with Crippen LogP contribution in [-0.4, -0.2) is 37.1 Å². The molecule has 1 rings (SSSR count). The van der Waals surface area contributed by atoms with E-state index in [-0.39, 0.29) is 17.7 Å². The molecule has 0 aliphatic heterocycles. The quantitative estimate of drug-likeness (QED) is 0.710. The summed E-state index contributed by atoms with van der Waals surface area (Å²) in [4.78, 5) is 4.77. The highest BCUT2D eigenvalue weighted by atomic mass is 32.1. The predicted molar refractivity (Wildman–Crippen MR) is 89.0 cm³/mol. The number of hydrogen-bond acceptors (Lipinski definition) is 5. The van der Waals surface area contributed by atoms with Gasteiger partial charge in [0.25, 0.3) is 0 Å². The van der Waals surface area contributed by atoms with Crippen molar-refractivity contribution in [3.05, 3.63) is 16.1 Å². The molecule has 1 aromatic rings. The van der Waals surface area contributed by atoms with Crippen molar-refractivity contribution in [2.45, 2.75) is 65.7 Å². The number of hydrogen-bond donors (Lipinski definition) is 1. The van der Waals surface area contributed by atoms with Gasteiger partial charge >= 0.3 is 0 Å². The van der Waals surface area contributed by atoms with Crippen LogP contribution in [0.3, 0.4) is 0 Å². The lowest BCUT2D eigenvalue weighted by atomic mass is 9.93. The maximum Gasteiger partial charge on any atom is 0.173 e. The number of thiazole rings is 1. The molecule has 1 heterocycles. The highest BCUT2D eigenvalue weighted by Gasteiger charge is 2.24. The lowest BCUT2D eigenvalue weighted by molar-refractivity contribution is -0.153. The van der Waals surface area contributed by atoms with Crippen molar-refractivity contribution in [3.8, 4) is 0 Å². The van der Waals surface area contributed by atoms with E-state index < -0.39 is 0 Å². The van der Waals surface area contributed by atoms with Crippen LogP contribution in [0.15, 0.2) is 5.38 Å². The summed E-state index contributed by atoms with van der Waals surface area (Å²) in [5.74, 6) is 0. The van der Waals surface area contributed by atoms with Crippen LogP contribution in [0.4, 0.5) is 0 Å². The third-order valence-corrected chi connectivity index (χ3v) is 4.04. The molecule has 0 radical (unpaired) electrons. The molecule has 1 atom stereocenters. The zero-order valence-corrected chi connectivity index (χ0v) is 15.0. The van der Waals surface area contributed by atoms with E-state index >= 15 is 0 Å². The van der Waals surface area contributed by atoms with Crippen molar-refractivity contribution in [3.63, 3.8) is 0 Å². The van der Waals surface area contributed by atoms with Crippen molar-refractivity contribution in [2.24, 2.45) is 0 Å². The smallest absolute Gasteiger partial charge is 0.173 e. The van der Waals surface area contributed by atoms with E-state index in [0.29, 0.717) is 13.2 Å². The molecule has 0 aromatic carbocycles. The van der Waals surface area contributed by atoms with Gasteiger partial charge in [-0.1, -0.05) is 27.7 Å². The third kappa shape index (κ3) is 6.02. The van der Waals surface area contributed by atoms with Gasteiger partial charge in [-0.25, -0.2) is 4.98 Å². The van der Waals surface area contributed by atoms with Gasteiger partial charge in [-0.15, -0.1) is 11.3 Å². The van der Waals surface area contributed by atoms with Crippen LogP contribution in [0.1, 0.15) is 52.2 Å². The molecule has 0 aliphatic rings. The van der Waals surface area contributed by atoms with Gasteiger partial charge in [-0.05, 0) is 20.4 Å². The zero-order valence-electron chi connectivity index (χ0n) is 14.2. The minimum Gasteiger partial charge on any atom is -0.351 e. The van der Waals surface area contributed by atoms with Gasteiger partial charge in [-0.2, -0.15) is 0 Å². The largest absolute Gasteiger partial charge is 0.351 e. The number of ether oxygens (including phenoxy) is 2. The van der Waals surface area contributed by atoms with E-state index in [1.807, 2.05) is 13.8 Å². The number of rotatable bonds is 9. The molecule has 1 N–H and O–H groups in total. The van der Waals surface area contributed by atoms with Crippen LogP contribution < -0.4 is 5.32 Å². The molecule has 0 bridgehead atoms. The molecule has 0 saturated carbocycles. The van der Waals surface area contributed by atoms with Gasteiger partial charge in [0.2, 0.25) is 0 Å². The minimum absolute atomic E-state index is 0.0989. The summed E-state index contributed by atoms with van der Waals surface area (Å²) in [7, 11) is 0. The van der Waals surface area contributed by atoms with Crippen LogP contribution >= 0.6 is 11.3 Å². The average molecular weight is 314 g/mol. The van der Waals surface area contributed by atoms with Crippen LogP contribution in [-0.2, 0) is 21.3 Å². The molecule has 0 aliphatic carbocycles. The first-order valence-corrected chi connectivity index (χ1v) is 8.71. The van der Waals surface area contributed by atoms with Gasteiger partial charge in [-0.3, -0.25) is 0 Å². The van der Waals surface area contributed by atoms with Gasteiger partial charge < -0.3 is 14.8 Å². The Morgan fingerprint density at radius 2 is 1.81 bits per heavy atom. The Labute approximate surface area is 133 Å². The number of aromatic nitrogens is 1. The summed E-state index contributed by atoms with van der Waals surface area (Å²) < 4.78 is 11.5. The summed E-state index contributed by atoms with van der Waals surface area (Å²) in [5.41, 5.74) is 1.25. The molecule has 1 unspecified atom stereocenters. The second kappa shape index (κ2) is 8.83. The predicted octanol–water partition coefficient (Wildman–Crippen LogP) is 3.36. The maximum absolute atomic E-state index is 5.74. The normalized spacial score (nSPS) is 13.9. The van der Waals surface area contributed by atoms with Crippen molar-refractivity contribution in [2.75, 3.05) is 19.8 Å². The van der Waals surface area contributed by atoms with Crippen LogP contribution in [0.25, 0.3) is 0 Å². The molecule has 0 saturated heterocycles. The lowest BCUT2D eigenvalue weighted by Crippen LogP contribution is -2.44. The summed E-state index contributed by atoms with van der Waals surface area (Å²) in [6, 6.07) is 0.133. The van der Waals surface area contributed by atoms with E-state index in [1.165, 1.54) is 0 Å². The zero-order chi connectivity index (χ0) is 15.9. The first-order chi connectivity index (χ1) is 9.92. The number of likely N-dealkylation sites (N-methyl/N-ethyl adjacent to an activating group) is 1. The fourth-order valence-corrected chi connectivity index (χ4v) is 3.15. The van der Waals surface area contributed by atoms with Crippen molar-refractivity contribution >= 4 is 11.3 Å². The standard InChI is InChI=1S/C16H30N2O2S/c1-7-17-12(15(19-8-2)20-9-3)10-14-18-13(11-21-14)16(4,5)6/h11-12,15,17H,7-10H2,1-6H3. The topological polar surface area (TPSA) is 43.4 Å². The van der Waals surface area contributed by atoms with Gasteiger partial charge in [0.15, 0.2) is 6.29 Å². The average Bonchev–Trinajstić information content (AvgIpc) is 2.86. The van der Waals surface area contributed by atoms with Crippen LogP contribution in [0.2, 0.25) is 0 Å². The first kappa shape index (κ1) is 18.6. The molecule has 0 amide bonds. The first-order valence-electron chi connectivity index (χ1n) is 7.83. The minimum atomic E-state index is -0.220. The monoisotopic (exact) mass is 314 g/mol. The Bertz CT molecular complexity index is 395. The Morgan fingerprint density at radius 1 is 1.19 bits per heavy atom. The molecule has 5 heteroatoms. The number of nitrogens with one attached hydrogen (secondary N) is 1. The third-order valence-electron chi connectivity index (χ3n) is 3.17. The molecule has 1 aromatic heterocycles. The van der Waals surface area contributed by atoms with E-state index in [4.69, 9.17) is 14.5 Å². The van der Waals surface area contributed by atoms with E-state index in [2.05, 4.69) is 38.4 Å². The highest BCUT2D eigenvalue weighted by molar-refractivity contribution is 7.09. The van der Waals surface area contributed by atoms with Gasteiger partial charge in [0.1, 0.15) is 0 Å². The second-order valence-electron chi connectivity index (χ2n) is 6.02. The Morgan fingerprint density at radius 3 is 2.24 bits per heavy atom. The fourth-order valence-electron chi connectivity index (χ4n) is 2.07. The Kier molecular flexibility index (Phi) is 7.81. The fraction of sp³-hybridized carbons (Fsp3) is 0.812. The van der Waals surface area contributed by atoms with Crippen molar-refractivity contribution in [1.29, 1.82) is 0 Å². The summed E-state index contributed by atoms with van der Waals surface area (Å²) in [6.07, 6.45) is 0.612. The highest BCUT2D eigenvalue weighted by Crippen LogP contribution is 2.25. The SMILES string of the molecule is CCNC(Cc1nc(C(C)(C)C)cs1)C(OCC)OCC. The van der Waals surface area contributed by atoms with Crippen LogP contribution in [0, 0.1) is 0 Å². The maximum atomic E-state index is 5.74. The van der Waals surface area contributed by atoms with Gasteiger partial charge in [0, 0.05) is 30.4 Å². The molecular weight excluding hydrogens is 284 g/mol. The van der Waals surface area contributed by atoms with E-state index in [9.17, 15) is 0 Å².